The molecule has 1 aliphatic rings. The lowest BCUT2D eigenvalue weighted by atomic mass is 10.2. The normalized spacial score (nSPS) is 16.2. The van der Waals surface area contributed by atoms with E-state index in [1.807, 2.05) is 31.2 Å². The van der Waals surface area contributed by atoms with Crippen LogP contribution in [0.1, 0.15) is 22.3 Å². The molecule has 1 saturated heterocycles. The van der Waals surface area contributed by atoms with Gasteiger partial charge in [0.25, 0.3) is 5.91 Å². The second kappa shape index (κ2) is 7.70. The number of rotatable bonds is 5. The smallest absolute Gasteiger partial charge is 0.253 e. The molecule has 132 valence electrons. The molecule has 0 radical (unpaired) electrons. The largest absolute Gasteiger partial charge is 0.358 e. The van der Waals surface area contributed by atoms with Gasteiger partial charge in [-0.2, -0.15) is 0 Å². The van der Waals surface area contributed by atoms with Gasteiger partial charge in [-0.15, -0.1) is 6.42 Å². The Morgan fingerprint density at radius 2 is 2.08 bits per heavy atom. The maximum Gasteiger partial charge on any atom is 0.253 e. The third-order valence-electron chi connectivity index (χ3n) is 4.25. The molecule has 1 aromatic carbocycles. The minimum atomic E-state index is -0.329. The number of hydrogen-bond donors (Lipinski definition) is 2. The van der Waals surface area contributed by atoms with Crippen LogP contribution in [0.2, 0.25) is 0 Å². The Morgan fingerprint density at radius 3 is 2.73 bits per heavy atom. The summed E-state index contributed by atoms with van der Waals surface area (Å²) in [6.45, 7) is 2.85. The van der Waals surface area contributed by atoms with Crippen molar-refractivity contribution in [3.05, 3.63) is 53.7 Å². The number of benzene rings is 1. The third-order valence-corrected chi connectivity index (χ3v) is 4.25. The minimum Gasteiger partial charge on any atom is -0.358 e. The van der Waals surface area contributed by atoms with Crippen LogP contribution in [0, 0.1) is 19.3 Å². The van der Waals surface area contributed by atoms with Crippen molar-refractivity contribution in [1.82, 2.24) is 10.3 Å². The van der Waals surface area contributed by atoms with Crippen molar-refractivity contribution < 1.29 is 9.59 Å². The molecule has 0 bridgehead atoms. The molecule has 1 aliphatic heterocycles. The number of aryl methyl sites for hydroxylation is 1. The van der Waals surface area contributed by atoms with E-state index in [0.717, 1.165) is 11.3 Å². The summed E-state index contributed by atoms with van der Waals surface area (Å²) in [4.78, 5) is 30.4. The lowest BCUT2D eigenvalue weighted by Crippen LogP contribution is -2.33. The van der Waals surface area contributed by atoms with Crippen molar-refractivity contribution in [2.45, 2.75) is 19.4 Å². The average molecular weight is 348 g/mol. The van der Waals surface area contributed by atoms with Gasteiger partial charge in [-0.25, -0.2) is 4.98 Å². The zero-order chi connectivity index (χ0) is 18.5. The van der Waals surface area contributed by atoms with Gasteiger partial charge in [-0.3, -0.25) is 9.59 Å². The fourth-order valence-electron chi connectivity index (χ4n) is 2.82. The molecule has 3 rings (SSSR count). The molecule has 6 heteroatoms. The quantitative estimate of drug-likeness (QED) is 0.810. The first-order valence-electron chi connectivity index (χ1n) is 8.41. The van der Waals surface area contributed by atoms with E-state index in [-0.39, 0.29) is 24.4 Å². The average Bonchev–Trinajstić information content (AvgIpc) is 3.01. The lowest BCUT2D eigenvalue weighted by Gasteiger charge is -2.17. The number of anilines is 2. The van der Waals surface area contributed by atoms with E-state index in [9.17, 15) is 9.59 Å². The van der Waals surface area contributed by atoms with Crippen LogP contribution in [0.4, 0.5) is 11.5 Å². The van der Waals surface area contributed by atoms with Crippen molar-refractivity contribution in [1.29, 1.82) is 0 Å². The first-order chi connectivity index (χ1) is 12.6. The molecule has 2 N–H and O–H groups in total. The second-order valence-corrected chi connectivity index (χ2v) is 6.13. The van der Waals surface area contributed by atoms with E-state index in [0.29, 0.717) is 24.3 Å². The Bertz CT molecular complexity index is 838. The van der Waals surface area contributed by atoms with Gasteiger partial charge in [0.1, 0.15) is 11.9 Å². The van der Waals surface area contributed by atoms with E-state index in [2.05, 4.69) is 21.5 Å². The SMILES string of the molecule is C#CCNC(=O)c1ccc(NC2CCN(c3ccc(C)cc3)C2=O)nc1. The molecule has 2 amide bonds. The second-order valence-electron chi connectivity index (χ2n) is 6.13. The number of nitrogens with one attached hydrogen (secondary N) is 2. The molecular weight excluding hydrogens is 328 g/mol. The Kier molecular flexibility index (Phi) is 5.18. The molecule has 2 heterocycles. The predicted molar refractivity (Wildman–Crippen MR) is 101 cm³/mol. The summed E-state index contributed by atoms with van der Waals surface area (Å²) in [5, 5.41) is 5.72. The molecule has 1 aromatic heterocycles. The molecule has 0 aliphatic carbocycles. The number of hydrogen-bond acceptors (Lipinski definition) is 4. The lowest BCUT2D eigenvalue weighted by molar-refractivity contribution is -0.117. The third kappa shape index (κ3) is 3.83. The maximum atomic E-state index is 12.6. The van der Waals surface area contributed by atoms with Gasteiger partial charge in [0.15, 0.2) is 0 Å². The summed E-state index contributed by atoms with van der Waals surface area (Å²) in [5.74, 6) is 2.65. The fraction of sp³-hybridized carbons (Fsp3) is 0.250. The Hall–Kier alpha value is -3.33. The zero-order valence-electron chi connectivity index (χ0n) is 14.5. The molecular formula is C20H20N4O2. The summed E-state index contributed by atoms with van der Waals surface area (Å²) in [6, 6.07) is 10.9. The highest BCUT2D eigenvalue weighted by molar-refractivity contribution is 6.01. The van der Waals surface area contributed by atoms with Gasteiger partial charge in [0, 0.05) is 18.4 Å². The Morgan fingerprint density at radius 1 is 1.31 bits per heavy atom. The van der Waals surface area contributed by atoms with Crippen molar-refractivity contribution >= 4 is 23.3 Å². The summed E-state index contributed by atoms with van der Waals surface area (Å²) in [5.41, 5.74) is 2.48. The standard InChI is InChI=1S/C20H20N4O2/c1-3-11-21-19(25)15-6-9-18(22-13-15)23-17-10-12-24(20(17)26)16-7-4-14(2)5-8-16/h1,4-9,13,17H,10-12H2,2H3,(H,21,25)(H,22,23). The van der Waals surface area contributed by atoms with E-state index in [1.54, 1.807) is 17.0 Å². The number of aromatic nitrogens is 1. The van der Waals surface area contributed by atoms with Gasteiger partial charge < -0.3 is 15.5 Å². The number of amides is 2. The molecule has 0 spiro atoms. The topological polar surface area (TPSA) is 74.3 Å². The van der Waals surface area contributed by atoms with Gasteiger partial charge in [0.2, 0.25) is 5.91 Å². The van der Waals surface area contributed by atoms with Crippen LogP contribution in [0.15, 0.2) is 42.6 Å². The van der Waals surface area contributed by atoms with E-state index >= 15 is 0 Å². The van der Waals surface area contributed by atoms with Crippen LogP contribution in [-0.4, -0.2) is 35.9 Å². The number of pyridine rings is 1. The Balaban J connectivity index is 1.63. The maximum absolute atomic E-state index is 12.6. The summed E-state index contributed by atoms with van der Waals surface area (Å²) in [7, 11) is 0. The molecule has 0 saturated carbocycles. The van der Waals surface area contributed by atoms with Crippen LogP contribution >= 0.6 is 0 Å². The molecule has 1 atom stereocenters. The first kappa shape index (κ1) is 17.5. The molecule has 26 heavy (non-hydrogen) atoms. The molecule has 2 aromatic rings. The van der Waals surface area contributed by atoms with E-state index < -0.39 is 0 Å². The van der Waals surface area contributed by atoms with Crippen molar-refractivity contribution in [3.63, 3.8) is 0 Å². The van der Waals surface area contributed by atoms with E-state index in [1.165, 1.54) is 6.20 Å². The Labute approximate surface area is 152 Å². The van der Waals surface area contributed by atoms with Crippen LogP contribution in [-0.2, 0) is 4.79 Å². The van der Waals surface area contributed by atoms with Crippen molar-refractivity contribution in [2.75, 3.05) is 23.3 Å². The molecule has 6 nitrogen and oxygen atoms in total. The fourth-order valence-corrected chi connectivity index (χ4v) is 2.82. The summed E-state index contributed by atoms with van der Waals surface area (Å²) in [6.07, 6.45) is 7.27. The highest BCUT2D eigenvalue weighted by atomic mass is 16.2. The monoisotopic (exact) mass is 348 g/mol. The molecule has 1 fully saturated rings. The van der Waals surface area contributed by atoms with Crippen molar-refractivity contribution in [3.8, 4) is 12.3 Å². The highest BCUT2D eigenvalue weighted by Crippen LogP contribution is 2.23. The van der Waals surface area contributed by atoms with Gasteiger partial charge in [-0.1, -0.05) is 23.6 Å². The minimum absolute atomic E-state index is 0.0199. The zero-order valence-corrected chi connectivity index (χ0v) is 14.5. The predicted octanol–water partition coefficient (Wildman–Crippen LogP) is 1.97. The van der Waals surface area contributed by atoms with Gasteiger partial charge in [0.05, 0.1) is 12.1 Å². The van der Waals surface area contributed by atoms with Crippen LogP contribution in [0.3, 0.4) is 0 Å². The van der Waals surface area contributed by atoms with Gasteiger partial charge in [-0.05, 0) is 37.6 Å². The number of nitrogens with zero attached hydrogens (tertiary/aromatic N) is 2. The summed E-state index contributed by atoms with van der Waals surface area (Å²) >= 11 is 0. The van der Waals surface area contributed by atoms with Crippen LogP contribution < -0.4 is 15.5 Å². The van der Waals surface area contributed by atoms with Crippen LogP contribution in [0.5, 0.6) is 0 Å². The number of carbonyl (C=O) groups excluding carboxylic acids is 2. The van der Waals surface area contributed by atoms with Crippen LogP contribution in [0.25, 0.3) is 0 Å². The van der Waals surface area contributed by atoms with Gasteiger partial charge >= 0.3 is 0 Å². The highest BCUT2D eigenvalue weighted by Gasteiger charge is 2.32. The first-order valence-corrected chi connectivity index (χ1v) is 8.41. The molecule has 1 unspecified atom stereocenters. The van der Waals surface area contributed by atoms with E-state index in [4.69, 9.17) is 6.42 Å². The number of terminal acetylenes is 1. The summed E-state index contributed by atoms with van der Waals surface area (Å²) < 4.78 is 0. The van der Waals surface area contributed by atoms with Crippen molar-refractivity contribution in [2.24, 2.45) is 0 Å². The number of carbonyl (C=O) groups is 2.